The number of fused-ring (bicyclic) bond motifs is 1. The third-order valence-corrected chi connectivity index (χ3v) is 7.19. The van der Waals surface area contributed by atoms with E-state index in [1.807, 2.05) is 56.9 Å². The molecule has 0 fully saturated rings. The Bertz CT molecular complexity index is 942. The molecule has 0 saturated heterocycles. The van der Waals surface area contributed by atoms with Crippen molar-refractivity contribution < 1.29 is 19.1 Å². The molecule has 33 heavy (non-hydrogen) atoms. The Morgan fingerprint density at radius 2 is 1.97 bits per heavy atom. The van der Waals surface area contributed by atoms with Crippen LogP contribution in [0.2, 0.25) is 0 Å². The van der Waals surface area contributed by atoms with Crippen molar-refractivity contribution in [3.8, 4) is 11.5 Å². The van der Waals surface area contributed by atoms with Crippen LogP contribution in [0.15, 0.2) is 35.7 Å². The summed E-state index contributed by atoms with van der Waals surface area (Å²) >= 11 is 1.73. The van der Waals surface area contributed by atoms with Crippen molar-refractivity contribution in [3.63, 3.8) is 0 Å². The molecule has 6 nitrogen and oxygen atoms in total. The summed E-state index contributed by atoms with van der Waals surface area (Å²) in [6, 6.07) is 9.43. The first-order valence-corrected chi connectivity index (χ1v) is 12.6. The van der Waals surface area contributed by atoms with E-state index in [2.05, 4.69) is 11.4 Å². The highest BCUT2D eigenvalue weighted by atomic mass is 32.1. The standard InChI is InChI=1S/C26H36N2O4S/c1-6-19(4)28(25(29)14-18(2)3)16-26(30)27-12-10-24-22(11-13-33-24)23(27)17-32-21-9-7-8-20(15-21)31-5/h7-9,11,13,15,18-19,23H,6,10,12,14,16-17H2,1-5H3/t19-,23+/m1/s1. The van der Waals surface area contributed by atoms with Crippen LogP contribution in [0.3, 0.4) is 0 Å². The molecule has 7 heteroatoms. The minimum absolute atomic E-state index is 0.0215. The Labute approximate surface area is 201 Å². The van der Waals surface area contributed by atoms with E-state index < -0.39 is 0 Å². The monoisotopic (exact) mass is 472 g/mol. The summed E-state index contributed by atoms with van der Waals surface area (Å²) in [6.07, 6.45) is 2.10. The van der Waals surface area contributed by atoms with Crippen LogP contribution in [0.1, 0.15) is 57.0 Å². The Hall–Kier alpha value is -2.54. The number of nitrogens with zero attached hydrogens (tertiary/aromatic N) is 2. The number of rotatable bonds is 10. The summed E-state index contributed by atoms with van der Waals surface area (Å²) in [6.45, 7) is 9.22. The second-order valence-corrected chi connectivity index (χ2v) is 10.0. The maximum atomic E-state index is 13.5. The number of carbonyl (C=O) groups is 2. The average Bonchev–Trinajstić information content (AvgIpc) is 3.29. The number of ether oxygens (including phenoxy) is 2. The third kappa shape index (κ3) is 6.28. The van der Waals surface area contributed by atoms with Gasteiger partial charge in [0.15, 0.2) is 0 Å². The number of hydrogen-bond donors (Lipinski definition) is 0. The molecule has 0 unspecified atom stereocenters. The first kappa shape index (κ1) is 25.1. The molecule has 2 aromatic rings. The first-order valence-electron chi connectivity index (χ1n) is 11.8. The smallest absolute Gasteiger partial charge is 0.242 e. The highest BCUT2D eigenvalue weighted by molar-refractivity contribution is 7.10. The van der Waals surface area contributed by atoms with Gasteiger partial charge in [-0.1, -0.05) is 26.8 Å². The van der Waals surface area contributed by atoms with Crippen LogP contribution in [-0.4, -0.2) is 54.5 Å². The largest absolute Gasteiger partial charge is 0.497 e. The van der Waals surface area contributed by atoms with Crippen LogP contribution in [0.4, 0.5) is 0 Å². The van der Waals surface area contributed by atoms with Crippen LogP contribution in [0, 0.1) is 5.92 Å². The molecular formula is C26H36N2O4S. The van der Waals surface area contributed by atoms with Crippen molar-refractivity contribution in [1.29, 1.82) is 0 Å². The van der Waals surface area contributed by atoms with Gasteiger partial charge in [-0.2, -0.15) is 0 Å². The van der Waals surface area contributed by atoms with Gasteiger partial charge in [0.05, 0.1) is 13.2 Å². The molecule has 2 amide bonds. The van der Waals surface area contributed by atoms with E-state index in [0.29, 0.717) is 25.3 Å². The predicted molar refractivity (Wildman–Crippen MR) is 132 cm³/mol. The predicted octanol–water partition coefficient (Wildman–Crippen LogP) is 4.93. The van der Waals surface area contributed by atoms with Gasteiger partial charge < -0.3 is 19.3 Å². The van der Waals surface area contributed by atoms with Gasteiger partial charge in [0, 0.05) is 30.0 Å². The van der Waals surface area contributed by atoms with E-state index in [1.165, 1.54) is 4.88 Å². The molecule has 1 aliphatic heterocycles. The number of carbonyl (C=O) groups excluding carboxylic acids is 2. The molecule has 0 spiro atoms. The van der Waals surface area contributed by atoms with Crippen LogP contribution < -0.4 is 9.47 Å². The summed E-state index contributed by atoms with van der Waals surface area (Å²) in [4.78, 5) is 31.4. The summed E-state index contributed by atoms with van der Waals surface area (Å²) in [5.74, 6) is 1.71. The number of methoxy groups -OCH3 is 1. The molecule has 0 aliphatic carbocycles. The number of hydrogen-bond acceptors (Lipinski definition) is 5. The van der Waals surface area contributed by atoms with E-state index in [0.717, 1.165) is 24.2 Å². The van der Waals surface area contributed by atoms with Crippen molar-refractivity contribution in [3.05, 3.63) is 46.2 Å². The molecule has 0 N–H and O–H groups in total. The molecule has 1 aromatic heterocycles. The maximum Gasteiger partial charge on any atom is 0.242 e. The SMILES string of the molecule is CC[C@@H](C)N(CC(=O)N1CCc2sccc2[C@@H]1COc1cccc(OC)c1)C(=O)CC(C)C. The lowest BCUT2D eigenvalue weighted by atomic mass is 10.00. The molecule has 0 radical (unpaired) electrons. The summed E-state index contributed by atoms with van der Waals surface area (Å²) < 4.78 is 11.4. The van der Waals surface area contributed by atoms with Crippen LogP contribution in [0.5, 0.6) is 11.5 Å². The first-order chi connectivity index (χ1) is 15.8. The minimum Gasteiger partial charge on any atom is -0.497 e. The van der Waals surface area contributed by atoms with Crippen LogP contribution in [-0.2, 0) is 16.0 Å². The summed E-state index contributed by atoms with van der Waals surface area (Å²) in [5.41, 5.74) is 1.14. The van der Waals surface area contributed by atoms with E-state index in [4.69, 9.17) is 9.47 Å². The molecule has 180 valence electrons. The van der Waals surface area contributed by atoms with Crippen molar-refractivity contribution in [2.75, 3.05) is 26.8 Å². The fourth-order valence-corrected chi connectivity index (χ4v) is 5.08. The summed E-state index contributed by atoms with van der Waals surface area (Å²) in [5, 5.41) is 2.08. The van der Waals surface area contributed by atoms with E-state index in [-0.39, 0.29) is 36.4 Å². The average molecular weight is 473 g/mol. The molecule has 2 heterocycles. The van der Waals surface area contributed by atoms with Crippen LogP contribution >= 0.6 is 11.3 Å². The van der Waals surface area contributed by atoms with E-state index >= 15 is 0 Å². The Morgan fingerprint density at radius 1 is 1.21 bits per heavy atom. The quantitative estimate of drug-likeness (QED) is 0.492. The molecule has 0 bridgehead atoms. The zero-order chi connectivity index (χ0) is 24.0. The second kappa shape index (κ2) is 11.5. The van der Waals surface area contributed by atoms with Gasteiger partial charge >= 0.3 is 0 Å². The summed E-state index contributed by atoms with van der Waals surface area (Å²) in [7, 11) is 1.63. The van der Waals surface area contributed by atoms with E-state index in [1.54, 1.807) is 23.3 Å². The van der Waals surface area contributed by atoms with Crippen molar-refractivity contribution in [2.24, 2.45) is 5.92 Å². The molecule has 1 aliphatic rings. The van der Waals surface area contributed by atoms with Gasteiger partial charge in [0.25, 0.3) is 0 Å². The fourth-order valence-electron chi connectivity index (χ4n) is 4.15. The van der Waals surface area contributed by atoms with Crippen molar-refractivity contribution >= 4 is 23.2 Å². The van der Waals surface area contributed by atoms with Crippen molar-refractivity contribution in [1.82, 2.24) is 9.80 Å². The Morgan fingerprint density at radius 3 is 2.67 bits per heavy atom. The zero-order valence-corrected chi connectivity index (χ0v) is 21.2. The van der Waals surface area contributed by atoms with Gasteiger partial charge in [-0.15, -0.1) is 11.3 Å². The zero-order valence-electron chi connectivity index (χ0n) is 20.4. The number of benzene rings is 1. The molecular weight excluding hydrogens is 436 g/mol. The van der Waals surface area contributed by atoms with Gasteiger partial charge in [0.2, 0.25) is 11.8 Å². The van der Waals surface area contributed by atoms with Gasteiger partial charge in [-0.05, 0) is 54.8 Å². The lowest BCUT2D eigenvalue weighted by molar-refractivity contribution is -0.144. The number of amides is 2. The lowest BCUT2D eigenvalue weighted by Crippen LogP contribution is -2.50. The van der Waals surface area contributed by atoms with Gasteiger partial charge in [0.1, 0.15) is 24.7 Å². The lowest BCUT2D eigenvalue weighted by Gasteiger charge is -2.38. The number of thiophene rings is 1. The highest BCUT2D eigenvalue weighted by Crippen LogP contribution is 2.34. The Kier molecular flexibility index (Phi) is 8.78. The minimum atomic E-state index is -0.183. The highest BCUT2D eigenvalue weighted by Gasteiger charge is 2.34. The fraction of sp³-hybridized carbons (Fsp3) is 0.538. The molecule has 2 atom stereocenters. The van der Waals surface area contributed by atoms with Gasteiger partial charge in [-0.25, -0.2) is 0 Å². The normalized spacial score (nSPS) is 16.3. The molecule has 0 saturated carbocycles. The second-order valence-electron chi connectivity index (χ2n) is 9.02. The third-order valence-electron chi connectivity index (χ3n) is 6.20. The molecule has 1 aromatic carbocycles. The molecule has 3 rings (SSSR count). The van der Waals surface area contributed by atoms with Crippen molar-refractivity contribution in [2.45, 2.75) is 59.0 Å². The van der Waals surface area contributed by atoms with Crippen LogP contribution in [0.25, 0.3) is 0 Å². The van der Waals surface area contributed by atoms with E-state index in [9.17, 15) is 9.59 Å². The van der Waals surface area contributed by atoms with Gasteiger partial charge in [-0.3, -0.25) is 9.59 Å². The maximum absolute atomic E-state index is 13.5. The topological polar surface area (TPSA) is 59.1 Å². The Balaban J connectivity index is 1.78.